The van der Waals surface area contributed by atoms with Crippen LogP contribution in [0.1, 0.15) is 6.42 Å². The highest BCUT2D eigenvalue weighted by atomic mass is 16.2. The fraction of sp³-hybridized carbons (Fsp3) is 0.235. The summed E-state index contributed by atoms with van der Waals surface area (Å²) in [6, 6.07) is 19.9. The molecule has 0 spiro atoms. The molecule has 1 saturated heterocycles. The predicted molar refractivity (Wildman–Crippen MR) is 85.7 cm³/mol. The highest BCUT2D eigenvalue weighted by Crippen LogP contribution is 2.19. The van der Waals surface area contributed by atoms with Crippen molar-refractivity contribution in [1.29, 1.82) is 0 Å². The van der Waals surface area contributed by atoms with Crippen LogP contribution in [0, 0.1) is 0 Å². The van der Waals surface area contributed by atoms with Crippen LogP contribution in [-0.4, -0.2) is 25.2 Å². The standard InChI is InChI=1S/C17H19N3O/c21-17(18-14-7-3-1-4-8-14)19-15-11-12-20(13-15)16-9-5-2-6-10-16/h1-10,15H,11-13H2,(H2,18,19,21)/t15-/m1/s1. The smallest absolute Gasteiger partial charge is 0.319 e. The third-order valence-corrected chi connectivity index (χ3v) is 3.68. The van der Waals surface area contributed by atoms with Crippen molar-refractivity contribution in [2.75, 3.05) is 23.3 Å². The number of benzene rings is 2. The van der Waals surface area contributed by atoms with Gasteiger partial charge in [-0.15, -0.1) is 0 Å². The number of nitrogens with zero attached hydrogens (tertiary/aromatic N) is 1. The van der Waals surface area contributed by atoms with Gasteiger partial charge in [-0.3, -0.25) is 0 Å². The minimum absolute atomic E-state index is 0.138. The number of anilines is 2. The molecule has 1 aliphatic heterocycles. The van der Waals surface area contributed by atoms with E-state index in [4.69, 9.17) is 0 Å². The van der Waals surface area contributed by atoms with Gasteiger partial charge >= 0.3 is 6.03 Å². The first-order chi connectivity index (χ1) is 10.3. The van der Waals surface area contributed by atoms with Gasteiger partial charge in [0.25, 0.3) is 0 Å². The van der Waals surface area contributed by atoms with E-state index < -0.39 is 0 Å². The van der Waals surface area contributed by atoms with Crippen molar-refractivity contribution >= 4 is 17.4 Å². The van der Waals surface area contributed by atoms with E-state index in [-0.39, 0.29) is 12.1 Å². The third-order valence-electron chi connectivity index (χ3n) is 3.68. The number of carbonyl (C=O) groups excluding carboxylic acids is 1. The molecule has 108 valence electrons. The SMILES string of the molecule is O=C(Nc1ccccc1)N[C@@H]1CCN(c2ccccc2)C1. The highest BCUT2D eigenvalue weighted by molar-refractivity contribution is 5.89. The molecule has 4 heteroatoms. The van der Waals surface area contributed by atoms with Crippen molar-refractivity contribution in [3.05, 3.63) is 60.7 Å². The van der Waals surface area contributed by atoms with Gasteiger partial charge in [0.1, 0.15) is 0 Å². The summed E-state index contributed by atoms with van der Waals surface area (Å²) < 4.78 is 0. The lowest BCUT2D eigenvalue weighted by molar-refractivity contribution is 0.249. The van der Waals surface area contributed by atoms with E-state index in [9.17, 15) is 4.79 Å². The molecule has 2 aromatic carbocycles. The maximum Gasteiger partial charge on any atom is 0.319 e. The van der Waals surface area contributed by atoms with E-state index in [2.05, 4.69) is 27.7 Å². The van der Waals surface area contributed by atoms with Crippen LogP contribution in [0.3, 0.4) is 0 Å². The van der Waals surface area contributed by atoms with Crippen molar-refractivity contribution in [2.45, 2.75) is 12.5 Å². The van der Waals surface area contributed by atoms with Crippen LogP contribution in [0.5, 0.6) is 0 Å². The fourth-order valence-corrected chi connectivity index (χ4v) is 2.63. The van der Waals surface area contributed by atoms with Crippen LogP contribution in [0.2, 0.25) is 0 Å². The van der Waals surface area contributed by atoms with Crippen LogP contribution in [-0.2, 0) is 0 Å². The minimum Gasteiger partial charge on any atom is -0.369 e. The topological polar surface area (TPSA) is 44.4 Å². The normalized spacial score (nSPS) is 17.5. The summed E-state index contributed by atoms with van der Waals surface area (Å²) in [5.74, 6) is 0. The summed E-state index contributed by atoms with van der Waals surface area (Å²) in [5.41, 5.74) is 2.03. The molecule has 1 heterocycles. The Morgan fingerprint density at radius 1 is 1.00 bits per heavy atom. The number of carbonyl (C=O) groups is 1. The van der Waals surface area contributed by atoms with Crippen molar-refractivity contribution in [3.63, 3.8) is 0 Å². The summed E-state index contributed by atoms with van der Waals surface area (Å²) in [7, 11) is 0. The molecule has 21 heavy (non-hydrogen) atoms. The summed E-state index contributed by atoms with van der Waals surface area (Å²) in [5, 5.41) is 5.89. The number of hydrogen-bond acceptors (Lipinski definition) is 2. The zero-order valence-corrected chi connectivity index (χ0v) is 11.8. The van der Waals surface area contributed by atoms with Gasteiger partial charge in [0.15, 0.2) is 0 Å². The Bertz CT molecular complexity index is 585. The molecule has 0 aliphatic carbocycles. The van der Waals surface area contributed by atoms with Crippen molar-refractivity contribution < 1.29 is 4.79 Å². The monoisotopic (exact) mass is 281 g/mol. The zero-order valence-electron chi connectivity index (χ0n) is 11.8. The lowest BCUT2D eigenvalue weighted by Gasteiger charge is -2.19. The number of urea groups is 1. The van der Waals surface area contributed by atoms with E-state index in [1.54, 1.807) is 0 Å². The Kier molecular flexibility index (Phi) is 4.05. The molecule has 0 radical (unpaired) electrons. The lowest BCUT2D eigenvalue weighted by Crippen LogP contribution is -2.39. The molecule has 0 unspecified atom stereocenters. The van der Waals surface area contributed by atoms with E-state index in [0.29, 0.717) is 0 Å². The number of rotatable bonds is 3. The molecule has 3 rings (SSSR count). The van der Waals surface area contributed by atoms with E-state index in [1.165, 1.54) is 5.69 Å². The van der Waals surface area contributed by atoms with Crippen LogP contribution < -0.4 is 15.5 Å². The van der Waals surface area contributed by atoms with Crippen molar-refractivity contribution in [1.82, 2.24) is 5.32 Å². The summed E-state index contributed by atoms with van der Waals surface area (Å²) in [6.07, 6.45) is 0.969. The van der Waals surface area contributed by atoms with Gasteiger partial charge in [-0.25, -0.2) is 4.79 Å². The highest BCUT2D eigenvalue weighted by Gasteiger charge is 2.23. The first kappa shape index (κ1) is 13.5. The number of hydrogen-bond donors (Lipinski definition) is 2. The van der Waals surface area contributed by atoms with E-state index in [1.807, 2.05) is 48.5 Å². The van der Waals surface area contributed by atoms with Crippen LogP contribution >= 0.6 is 0 Å². The Balaban J connectivity index is 1.52. The number of nitrogens with one attached hydrogen (secondary N) is 2. The third kappa shape index (κ3) is 3.54. The van der Waals surface area contributed by atoms with E-state index >= 15 is 0 Å². The molecular formula is C17H19N3O. The summed E-state index contributed by atoms with van der Waals surface area (Å²) in [4.78, 5) is 14.3. The zero-order chi connectivity index (χ0) is 14.5. The van der Waals surface area contributed by atoms with Crippen LogP contribution in [0.4, 0.5) is 16.2 Å². The summed E-state index contributed by atoms with van der Waals surface area (Å²) >= 11 is 0. The quantitative estimate of drug-likeness (QED) is 0.908. The Hall–Kier alpha value is -2.49. The maximum atomic E-state index is 12.0. The second-order valence-electron chi connectivity index (χ2n) is 5.23. The lowest BCUT2D eigenvalue weighted by atomic mass is 10.2. The van der Waals surface area contributed by atoms with Gasteiger partial charge in [-0.05, 0) is 30.7 Å². The molecule has 0 bridgehead atoms. The van der Waals surface area contributed by atoms with Gasteiger partial charge < -0.3 is 15.5 Å². The molecule has 2 amide bonds. The fourth-order valence-electron chi connectivity index (χ4n) is 2.63. The molecule has 2 N–H and O–H groups in total. The molecule has 4 nitrogen and oxygen atoms in total. The number of amides is 2. The summed E-state index contributed by atoms with van der Waals surface area (Å²) in [6.45, 7) is 1.83. The first-order valence-corrected chi connectivity index (χ1v) is 7.24. The van der Waals surface area contributed by atoms with Gasteiger partial charge in [0, 0.05) is 30.5 Å². The molecule has 1 aliphatic rings. The Morgan fingerprint density at radius 2 is 1.67 bits per heavy atom. The minimum atomic E-state index is -0.138. The molecule has 1 atom stereocenters. The van der Waals surface area contributed by atoms with Gasteiger partial charge in [0.2, 0.25) is 0 Å². The molecule has 0 saturated carbocycles. The van der Waals surface area contributed by atoms with Gasteiger partial charge in [-0.1, -0.05) is 36.4 Å². The van der Waals surface area contributed by atoms with Crippen LogP contribution in [0.25, 0.3) is 0 Å². The second-order valence-corrected chi connectivity index (χ2v) is 5.23. The largest absolute Gasteiger partial charge is 0.369 e. The van der Waals surface area contributed by atoms with Gasteiger partial charge in [0.05, 0.1) is 0 Å². The molecule has 0 aromatic heterocycles. The number of para-hydroxylation sites is 2. The van der Waals surface area contributed by atoms with Gasteiger partial charge in [-0.2, -0.15) is 0 Å². The second kappa shape index (κ2) is 6.31. The van der Waals surface area contributed by atoms with Crippen molar-refractivity contribution in [3.8, 4) is 0 Å². The Morgan fingerprint density at radius 3 is 2.38 bits per heavy atom. The molecule has 2 aromatic rings. The molecular weight excluding hydrogens is 262 g/mol. The predicted octanol–water partition coefficient (Wildman–Crippen LogP) is 3.09. The first-order valence-electron chi connectivity index (χ1n) is 7.24. The van der Waals surface area contributed by atoms with Crippen molar-refractivity contribution in [2.24, 2.45) is 0 Å². The average Bonchev–Trinajstić information content (AvgIpc) is 2.97. The van der Waals surface area contributed by atoms with Crippen LogP contribution in [0.15, 0.2) is 60.7 Å². The van der Waals surface area contributed by atoms with E-state index in [0.717, 1.165) is 25.2 Å². The molecule has 1 fully saturated rings. The average molecular weight is 281 g/mol. The Labute approximate surface area is 124 Å². The maximum absolute atomic E-state index is 12.0.